The summed E-state index contributed by atoms with van der Waals surface area (Å²) >= 11 is 0. The van der Waals surface area contributed by atoms with Crippen molar-refractivity contribution in [3.8, 4) is 0 Å². The van der Waals surface area contributed by atoms with Gasteiger partial charge in [-0.1, -0.05) is 0 Å². The Balaban J connectivity index is 2.17. The Kier molecular flexibility index (Phi) is 3.16. The van der Waals surface area contributed by atoms with E-state index in [1.807, 2.05) is 0 Å². The molecule has 2 heteroatoms. The van der Waals surface area contributed by atoms with Crippen LogP contribution in [0.25, 0.3) is 0 Å². The molecule has 1 saturated carbocycles. The van der Waals surface area contributed by atoms with E-state index in [2.05, 4.69) is 0 Å². The molecular weight excluding hydrogens is 124 g/mol. The minimum absolute atomic E-state index is 0.622. The molecule has 1 aliphatic rings. The van der Waals surface area contributed by atoms with Crippen LogP contribution in [0.3, 0.4) is 0 Å². The summed E-state index contributed by atoms with van der Waals surface area (Å²) in [6.07, 6.45) is 5.01. The van der Waals surface area contributed by atoms with Crippen molar-refractivity contribution in [3.05, 3.63) is 0 Å². The monoisotopic (exact) mass is 141 g/mol. The van der Waals surface area contributed by atoms with Crippen LogP contribution in [0.5, 0.6) is 0 Å². The molecule has 1 rings (SSSR count). The molecule has 0 bridgehead atoms. The van der Waals surface area contributed by atoms with Crippen LogP contribution in [0, 0.1) is 11.8 Å². The van der Waals surface area contributed by atoms with Crippen molar-refractivity contribution < 1.29 is 0 Å². The van der Waals surface area contributed by atoms with E-state index in [-0.39, 0.29) is 0 Å². The third kappa shape index (κ3) is 1.96. The van der Waals surface area contributed by atoms with E-state index in [9.17, 15) is 0 Å². The normalized spacial score (nSPS) is 34.2. The van der Waals surface area contributed by atoms with E-state index < -0.39 is 0 Å². The summed E-state index contributed by atoms with van der Waals surface area (Å²) < 4.78 is 0. The molecule has 10 heavy (non-hydrogen) atoms. The molecule has 0 amide bonds. The van der Waals surface area contributed by atoms with Crippen LogP contribution in [0.2, 0.25) is 0 Å². The van der Waals surface area contributed by atoms with Crippen LogP contribution in [0.15, 0.2) is 0 Å². The third-order valence-corrected chi connectivity index (χ3v) is 2.59. The van der Waals surface area contributed by atoms with Crippen molar-refractivity contribution in [2.75, 3.05) is 13.1 Å². The lowest BCUT2D eigenvalue weighted by Crippen LogP contribution is -2.23. The first-order valence-corrected chi connectivity index (χ1v) is 4.21. The second-order valence-corrected chi connectivity index (χ2v) is 3.33. The molecule has 0 aliphatic heterocycles. The van der Waals surface area contributed by atoms with Crippen LogP contribution in [0.1, 0.15) is 25.7 Å². The van der Waals surface area contributed by atoms with Crippen molar-refractivity contribution >= 4 is 0 Å². The Labute approximate surface area is 63.0 Å². The summed E-state index contributed by atoms with van der Waals surface area (Å²) in [5.41, 5.74) is 12.7. The van der Waals surface area contributed by atoms with Crippen molar-refractivity contribution in [2.45, 2.75) is 25.7 Å². The molecule has 0 aromatic rings. The Morgan fingerprint density at radius 3 is 2.00 bits per heavy atom. The highest BCUT2D eigenvalue weighted by atomic mass is 14.6. The molecule has 1 fully saturated rings. The molecule has 1 radical (unpaired) electrons. The Morgan fingerprint density at radius 1 is 1.10 bits per heavy atom. The SMILES string of the molecule is [NH]CC1CCC(CN)CC1. The standard InChI is InChI=1S/C8H17N2/c9-5-7-1-2-8(6-10)4-3-7/h7-9H,1-6,10H2. The number of nitrogens with two attached hydrogens (primary N) is 1. The summed E-state index contributed by atoms with van der Waals surface area (Å²) in [7, 11) is 0. The first-order valence-electron chi connectivity index (χ1n) is 4.21. The lowest BCUT2D eigenvalue weighted by molar-refractivity contribution is 0.283. The van der Waals surface area contributed by atoms with Crippen molar-refractivity contribution in [1.29, 1.82) is 0 Å². The van der Waals surface area contributed by atoms with Crippen LogP contribution < -0.4 is 11.5 Å². The summed E-state index contributed by atoms with van der Waals surface area (Å²) in [6, 6.07) is 0. The van der Waals surface area contributed by atoms with Gasteiger partial charge in [-0.15, -0.1) is 0 Å². The van der Waals surface area contributed by atoms with E-state index in [0.29, 0.717) is 12.5 Å². The molecule has 3 N–H and O–H groups in total. The van der Waals surface area contributed by atoms with Gasteiger partial charge < -0.3 is 5.73 Å². The second-order valence-electron chi connectivity index (χ2n) is 3.33. The van der Waals surface area contributed by atoms with Gasteiger partial charge in [-0.2, -0.15) is 0 Å². The molecule has 2 nitrogen and oxygen atoms in total. The maximum atomic E-state index is 7.19. The average molecular weight is 141 g/mol. The second kappa shape index (κ2) is 3.94. The van der Waals surface area contributed by atoms with Gasteiger partial charge in [0.2, 0.25) is 0 Å². The van der Waals surface area contributed by atoms with Crippen LogP contribution in [0.4, 0.5) is 0 Å². The lowest BCUT2D eigenvalue weighted by atomic mass is 9.82. The number of nitrogens with one attached hydrogen (secondary N) is 1. The average Bonchev–Trinajstić information content (AvgIpc) is 2.05. The van der Waals surface area contributed by atoms with Crippen molar-refractivity contribution in [3.63, 3.8) is 0 Å². The van der Waals surface area contributed by atoms with E-state index >= 15 is 0 Å². The highest BCUT2D eigenvalue weighted by Crippen LogP contribution is 2.27. The zero-order valence-corrected chi connectivity index (χ0v) is 6.47. The largest absolute Gasteiger partial charge is 0.330 e. The molecule has 0 atom stereocenters. The molecule has 0 spiro atoms. The molecule has 0 aromatic heterocycles. The minimum Gasteiger partial charge on any atom is -0.330 e. The topological polar surface area (TPSA) is 49.8 Å². The van der Waals surface area contributed by atoms with Crippen LogP contribution in [-0.4, -0.2) is 13.1 Å². The van der Waals surface area contributed by atoms with E-state index in [1.54, 1.807) is 0 Å². The number of hydrogen-bond acceptors (Lipinski definition) is 1. The van der Waals surface area contributed by atoms with Crippen molar-refractivity contribution in [2.24, 2.45) is 17.6 Å². The highest BCUT2D eigenvalue weighted by molar-refractivity contribution is 4.72. The van der Waals surface area contributed by atoms with Crippen LogP contribution >= 0.6 is 0 Å². The highest BCUT2D eigenvalue weighted by Gasteiger charge is 2.18. The fourth-order valence-electron chi connectivity index (χ4n) is 1.67. The molecule has 1 aliphatic carbocycles. The molecular formula is C8H17N2. The predicted molar refractivity (Wildman–Crippen MR) is 42.5 cm³/mol. The molecule has 0 aromatic carbocycles. The first-order chi connectivity index (χ1) is 4.86. The minimum atomic E-state index is 0.622. The van der Waals surface area contributed by atoms with E-state index in [0.717, 1.165) is 12.5 Å². The summed E-state index contributed by atoms with van der Waals surface area (Å²) in [4.78, 5) is 0. The van der Waals surface area contributed by atoms with E-state index in [4.69, 9.17) is 11.5 Å². The molecule has 59 valence electrons. The summed E-state index contributed by atoms with van der Waals surface area (Å²) in [5.74, 6) is 1.45. The van der Waals surface area contributed by atoms with Crippen molar-refractivity contribution in [1.82, 2.24) is 5.73 Å². The molecule has 0 saturated heterocycles. The quantitative estimate of drug-likeness (QED) is 0.613. The van der Waals surface area contributed by atoms with Gasteiger partial charge in [0.1, 0.15) is 0 Å². The number of rotatable bonds is 2. The summed E-state index contributed by atoms with van der Waals surface area (Å²) in [6.45, 7) is 1.47. The third-order valence-electron chi connectivity index (χ3n) is 2.59. The van der Waals surface area contributed by atoms with Gasteiger partial charge in [-0.25, -0.2) is 0 Å². The molecule has 0 heterocycles. The van der Waals surface area contributed by atoms with Gasteiger partial charge >= 0.3 is 0 Å². The lowest BCUT2D eigenvalue weighted by Gasteiger charge is -2.26. The van der Waals surface area contributed by atoms with Gasteiger partial charge in [0.15, 0.2) is 0 Å². The summed E-state index contributed by atoms with van der Waals surface area (Å²) in [5, 5.41) is 0. The van der Waals surface area contributed by atoms with Gasteiger partial charge in [0, 0.05) is 6.54 Å². The molecule has 0 unspecified atom stereocenters. The van der Waals surface area contributed by atoms with Gasteiger partial charge in [-0.3, -0.25) is 5.73 Å². The van der Waals surface area contributed by atoms with Gasteiger partial charge in [0.25, 0.3) is 0 Å². The first kappa shape index (κ1) is 8.02. The van der Waals surface area contributed by atoms with E-state index in [1.165, 1.54) is 25.7 Å². The Morgan fingerprint density at radius 2 is 1.60 bits per heavy atom. The maximum absolute atomic E-state index is 7.19. The zero-order chi connectivity index (χ0) is 7.40. The Hall–Kier alpha value is -0.0800. The Bertz CT molecular complexity index is 73.3. The predicted octanol–water partition coefficient (Wildman–Crippen LogP) is 1.03. The smallest absolute Gasteiger partial charge is 0.0128 e. The fourth-order valence-corrected chi connectivity index (χ4v) is 1.67. The number of hydrogen-bond donors (Lipinski definition) is 1. The van der Waals surface area contributed by atoms with Gasteiger partial charge in [-0.05, 0) is 44.1 Å². The maximum Gasteiger partial charge on any atom is 0.0128 e. The fraction of sp³-hybridized carbons (Fsp3) is 1.00. The van der Waals surface area contributed by atoms with Gasteiger partial charge in [0.05, 0.1) is 0 Å². The van der Waals surface area contributed by atoms with Crippen LogP contribution in [-0.2, 0) is 0 Å². The zero-order valence-electron chi connectivity index (χ0n) is 6.47.